The number of hydrogen-bond acceptors (Lipinski definition) is 4. The minimum Gasteiger partial charge on any atom is -0.457 e. The number of rotatable bonds is 6. The molecular weight excluding hydrogens is 330 g/mol. The molecule has 0 aliphatic carbocycles. The van der Waals surface area contributed by atoms with Crippen LogP contribution in [0.5, 0.6) is 0 Å². The van der Waals surface area contributed by atoms with Crippen LogP contribution >= 0.6 is 0 Å². The van der Waals surface area contributed by atoms with Crippen molar-refractivity contribution in [2.24, 2.45) is 0 Å². The number of hydrogen-bond donors (Lipinski definition) is 0. The van der Waals surface area contributed by atoms with E-state index >= 15 is 0 Å². The third-order valence-electron chi connectivity index (χ3n) is 1.46. The molecule has 0 saturated carbocycles. The fourth-order valence-electron chi connectivity index (χ4n) is 0.884. The van der Waals surface area contributed by atoms with Crippen molar-refractivity contribution in [1.82, 2.24) is 0 Å². The van der Waals surface area contributed by atoms with Gasteiger partial charge in [-0.1, -0.05) is 6.07 Å². The first kappa shape index (κ1) is 15.7. The van der Waals surface area contributed by atoms with Gasteiger partial charge in [-0.2, -0.15) is 7.77 Å². The molecule has 1 aromatic carbocycles. The molecule has 0 spiro atoms. The Morgan fingerprint density at radius 3 is 1.56 bits per heavy atom. The van der Waals surface area contributed by atoms with Crippen molar-refractivity contribution in [3.63, 3.8) is 0 Å². The number of nitrogens with zero attached hydrogens (tertiary/aromatic N) is 2. The topological polar surface area (TPSA) is 96.5 Å². The standard InChI is InChI=1S/C6H4F2N2O4S4/c7-17(13)9-15(11)5-2-1-3-6(4-5)16(12)10-18(8)14/h1-4H/q-2. The molecule has 0 aromatic heterocycles. The van der Waals surface area contributed by atoms with Gasteiger partial charge in [-0.05, 0) is 40.2 Å². The predicted octanol–water partition coefficient (Wildman–Crippen LogP) is 1.58. The molecule has 4 atom stereocenters. The van der Waals surface area contributed by atoms with Crippen molar-refractivity contribution in [2.45, 2.75) is 9.79 Å². The van der Waals surface area contributed by atoms with Gasteiger partial charge >= 0.3 is 0 Å². The molecule has 0 amide bonds. The lowest BCUT2D eigenvalue weighted by molar-refractivity contribution is 0.654. The maximum Gasteiger partial charge on any atom is 0.114 e. The maximum atomic E-state index is 12.0. The van der Waals surface area contributed by atoms with Gasteiger partial charge in [0.1, 0.15) is 22.7 Å². The van der Waals surface area contributed by atoms with Crippen LogP contribution in [0.1, 0.15) is 0 Å². The zero-order chi connectivity index (χ0) is 13.7. The van der Waals surface area contributed by atoms with Crippen LogP contribution in [0.25, 0.3) is 8.25 Å². The highest BCUT2D eigenvalue weighted by atomic mass is 32.3. The second kappa shape index (κ2) is 7.25. The molecule has 0 aliphatic heterocycles. The molecule has 4 unspecified atom stereocenters. The van der Waals surface area contributed by atoms with E-state index in [4.69, 9.17) is 0 Å². The van der Waals surface area contributed by atoms with E-state index in [9.17, 15) is 24.6 Å². The minimum atomic E-state index is -3.11. The molecule has 0 radical (unpaired) electrons. The summed E-state index contributed by atoms with van der Waals surface area (Å²) in [5, 5.41) is 0. The second-order valence-corrected chi connectivity index (χ2v) is 6.49. The van der Waals surface area contributed by atoms with Gasteiger partial charge < -0.3 is 8.25 Å². The molecular formula is C6H4F2N2O4S4-2. The highest BCUT2D eigenvalue weighted by Gasteiger charge is 2.01. The van der Waals surface area contributed by atoms with Gasteiger partial charge in [-0.3, -0.25) is 8.42 Å². The van der Waals surface area contributed by atoms with Gasteiger partial charge in [0.05, 0.1) is 0 Å². The summed E-state index contributed by atoms with van der Waals surface area (Å²) in [6, 6.07) is 4.83. The van der Waals surface area contributed by atoms with Crippen molar-refractivity contribution < 1.29 is 24.6 Å². The SMILES string of the molecule is O=S(F)[N-]S(=O)c1cccc(S(=O)[N-]S(=O)F)c1. The molecule has 102 valence electrons. The normalized spacial score (nSPS) is 17.9. The third-order valence-corrected chi connectivity index (χ3v) is 4.80. The maximum absolute atomic E-state index is 12.0. The molecule has 0 bridgehead atoms. The average Bonchev–Trinajstić information content (AvgIpc) is 2.27. The van der Waals surface area contributed by atoms with Crippen molar-refractivity contribution in [3.05, 3.63) is 32.5 Å². The van der Waals surface area contributed by atoms with Crippen LogP contribution < -0.4 is 0 Å². The average molecular weight is 334 g/mol. The highest BCUT2D eigenvalue weighted by Crippen LogP contribution is 2.20. The molecule has 0 N–H and O–H groups in total. The van der Waals surface area contributed by atoms with Gasteiger partial charge in [0, 0.05) is 9.79 Å². The Labute approximate surface area is 111 Å². The van der Waals surface area contributed by atoms with Crippen molar-refractivity contribution in [3.8, 4) is 0 Å². The van der Waals surface area contributed by atoms with Gasteiger partial charge in [0.15, 0.2) is 0 Å². The summed E-state index contributed by atoms with van der Waals surface area (Å²) in [6.07, 6.45) is 0. The first-order valence-corrected chi connectivity index (χ1v) is 8.16. The molecule has 1 rings (SSSR count). The Hall–Kier alpha value is -0.400. The van der Waals surface area contributed by atoms with Crippen molar-refractivity contribution >= 4 is 44.7 Å². The first-order valence-electron chi connectivity index (χ1n) is 3.94. The summed E-state index contributed by atoms with van der Waals surface area (Å²) in [5.41, 5.74) is 0. The van der Waals surface area contributed by atoms with Crippen LogP contribution in [0, 0.1) is 0 Å². The molecule has 0 saturated heterocycles. The zero-order valence-corrected chi connectivity index (χ0v) is 11.5. The largest absolute Gasteiger partial charge is 0.457 e. The van der Waals surface area contributed by atoms with E-state index in [-0.39, 0.29) is 9.79 Å². The summed E-state index contributed by atoms with van der Waals surface area (Å²) in [7, 11) is -4.50. The molecule has 1 aromatic rings. The van der Waals surface area contributed by atoms with Crippen molar-refractivity contribution in [1.29, 1.82) is 0 Å². The van der Waals surface area contributed by atoms with Gasteiger partial charge in [0.25, 0.3) is 0 Å². The Bertz CT molecular complexity index is 497. The molecule has 0 aliphatic rings. The molecule has 18 heavy (non-hydrogen) atoms. The fourth-order valence-corrected chi connectivity index (χ4v) is 3.34. The number of benzene rings is 1. The van der Waals surface area contributed by atoms with E-state index < -0.39 is 44.7 Å². The predicted molar refractivity (Wildman–Crippen MR) is 64.5 cm³/mol. The van der Waals surface area contributed by atoms with Gasteiger partial charge in [-0.25, -0.2) is 8.42 Å². The van der Waals surface area contributed by atoms with Gasteiger partial charge in [0.2, 0.25) is 0 Å². The lowest BCUT2D eigenvalue weighted by Crippen LogP contribution is -1.95. The van der Waals surface area contributed by atoms with Crippen LogP contribution in [0.15, 0.2) is 34.1 Å². The van der Waals surface area contributed by atoms with Crippen LogP contribution in [0.2, 0.25) is 0 Å². The Morgan fingerprint density at radius 2 is 1.22 bits per heavy atom. The Kier molecular flexibility index (Phi) is 6.31. The van der Waals surface area contributed by atoms with E-state index in [0.29, 0.717) is 0 Å². The Balaban J connectivity index is 2.92. The third kappa shape index (κ3) is 5.07. The minimum absolute atomic E-state index is 0.0910. The van der Waals surface area contributed by atoms with Crippen LogP contribution in [0.4, 0.5) is 7.77 Å². The summed E-state index contributed by atoms with van der Waals surface area (Å²) in [5.74, 6) is 0. The quantitative estimate of drug-likeness (QED) is 0.738. The van der Waals surface area contributed by atoms with Crippen LogP contribution in [-0.2, 0) is 44.7 Å². The van der Waals surface area contributed by atoms with E-state index in [1.165, 1.54) is 18.2 Å². The molecule has 0 fully saturated rings. The van der Waals surface area contributed by atoms with E-state index in [2.05, 4.69) is 8.25 Å². The monoisotopic (exact) mass is 334 g/mol. The van der Waals surface area contributed by atoms with E-state index in [0.717, 1.165) is 6.07 Å². The number of halogens is 2. The van der Waals surface area contributed by atoms with E-state index in [1.54, 1.807) is 0 Å². The van der Waals surface area contributed by atoms with E-state index in [1.807, 2.05) is 0 Å². The molecule has 0 heterocycles. The molecule has 6 nitrogen and oxygen atoms in total. The Morgan fingerprint density at radius 1 is 0.833 bits per heavy atom. The lowest BCUT2D eigenvalue weighted by Gasteiger charge is -2.16. The zero-order valence-electron chi connectivity index (χ0n) is 8.23. The van der Waals surface area contributed by atoms with Crippen LogP contribution in [0.3, 0.4) is 0 Å². The van der Waals surface area contributed by atoms with Crippen LogP contribution in [-0.4, -0.2) is 16.8 Å². The van der Waals surface area contributed by atoms with Crippen molar-refractivity contribution in [2.75, 3.05) is 0 Å². The molecule has 12 heteroatoms. The first-order chi connectivity index (χ1) is 8.40. The summed E-state index contributed by atoms with van der Waals surface area (Å²) in [6.45, 7) is 0. The second-order valence-electron chi connectivity index (χ2n) is 2.54. The lowest BCUT2D eigenvalue weighted by atomic mass is 10.4. The summed E-state index contributed by atoms with van der Waals surface area (Å²) in [4.78, 5) is -0.182. The highest BCUT2D eigenvalue weighted by molar-refractivity contribution is 8.04. The summed E-state index contributed by atoms with van der Waals surface area (Å²) >= 11 is -6.21. The summed E-state index contributed by atoms with van der Waals surface area (Å²) < 4.78 is 72.3. The van der Waals surface area contributed by atoms with Gasteiger partial charge in [-0.15, -0.1) is 0 Å². The smallest absolute Gasteiger partial charge is 0.114 e. The fraction of sp³-hybridized carbons (Fsp3) is 0.